The number of hydrogen-bond donors (Lipinski definition) is 0. The van der Waals surface area contributed by atoms with Crippen molar-refractivity contribution in [2.75, 3.05) is 14.1 Å². The van der Waals surface area contributed by atoms with Crippen LogP contribution >= 0.6 is 11.6 Å². The van der Waals surface area contributed by atoms with Crippen LogP contribution in [0.5, 0.6) is 0 Å². The molecule has 1 saturated heterocycles. The molecule has 0 saturated carbocycles. The van der Waals surface area contributed by atoms with E-state index in [9.17, 15) is 14.0 Å². The lowest BCUT2D eigenvalue weighted by atomic mass is 10.1. The molecule has 156 valence electrons. The molecule has 30 heavy (non-hydrogen) atoms. The molecule has 0 aliphatic carbocycles. The summed E-state index contributed by atoms with van der Waals surface area (Å²) in [4.78, 5) is 32.5. The predicted octanol–water partition coefficient (Wildman–Crippen LogP) is 2.32. The lowest BCUT2D eigenvalue weighted by Crippen LogP contribution is -2.61. The van der Waals surface area contributed by atoms with Crippen molar-refractivity contribution >= 4 is 35.3 Å². The van der Waals surface area contributed by atoms with Crippen molar-refractivity contribution < 1.29 is 18.6 Å². The van der Waals surface area contributed by atoms with E-state index in [2.05, 4.69) is 10.1 Å². The van der Waals surface area contributed by atoms with Crippen molar-refractivity contribution in [1.29, 1.82) is 0 Å². The molecular weight excluding hydrogens is 411 g/mol. The maximum absolute atomic E-state index is 14.6. The van der Waals surface area contributed by atoms with Gasteiger partial charge in [-0.15, -0.1) is 9.78 Å². The first-order valence-electron chi connectivity index (χ1n) is 9.37. The minimum atomic E-state index is -0.896. The molecule has 2 aliphatic rings. The average Bonchev–Trinajstić information content (AvgIpc) is 3.20. The molecule has 8 nitrogen and oxygen atoms in total. The Labute approximate surface area is 177 Å². The summed E-state index contributed by atoms with van der Waals surface area (Å²) in [6.07, 6.45) is 0. The highest BCUT2D eigenvalue weighted by Gasteiger charge is 2.52. The standard InChI is InChI=1S/C20H21ClFN6O2/c1-10-11(2)24-28(12(10)3)19-23-17-16(18(29)26(5)20(30)25(17)4)27(19)9-13-14(21)7-6-8-15(13)22/h6-8,16H,9H2,1-5H3/q+1. The maximum Gasteiger partial charge on any atom is 0.421 e. The highest BCUT2D eigenvalue weighted by Crippen LogP contribution is 2.26. The first kappa shape index (κ1) is 20.2. The van der Waals surface area contributed by atoms with E-state index in [0.717, 1.165) is 21.9 Å². The number of imide groups is 1. The Hall–Kier alpha value is -3.07. The van der Waals surface area contributed by atoms with Gasteiger partial charge in [-0.1, -0.05) is 22.7 Å². The molecule has 1 aromatic carbocycles. The second-order valence-electron chi connectivity index (χ2n) is 7.45. The van der Waals surface area contributed by atoms with E-state index in [1.165, 1.54) is 24.1 Å². The van der Waals surface area contributed by atoms with Crippen molar-refractivity contribution in [2.45, 2.75) is 33.4 Å². The van der Waals surface area contributed by atoms with Crippen LogP contribution in [0.25, 0.3) is 0 Å². The summed E-state index contributed by atoms with van der Waals surface area (Å²) < 4.78 is 17.8. The molecule has 1 unspecified atom stereocenters. The molecule has 4 rings (SSSR count). The number of amidine groups is 1. The number of benzene rings is 1. The Balaban J connectivity index is 1.94. The SMILES string of the molecule is Cc1nn(C2=[N+](Cc3c(F)cccc3Cl)C3C(=O)N(C)C(=O)N(C)C3=N2)c(C)c1C. The number of fused-ring (bicyclic) bond motifs is 1. The zero-order valence-electron chi connectivity index (χ0n) is 17.3. The van der Waals surface area contributed by atoms with Crippen molar-refractivity contribution in [3.05, 3.63) is 51.6 Å². The predicted molar refractivity (Wildman–Crippen MR) is 109 cm³/mol. The number of aryl methyl sites for hydroxylation is 1. The Morgan fingerprint density at radius 2 is 1.87 bits per heavy atom. The molecule has 2 aromatic rings. The fraction of sp³-hybridized carbons (Fsp3) is 0.350. The minimum Gasteiger partial charge on any atom is -0.270 e. The number of aliphatic imine (C=N–C) groups is 1. The molecule has 3 heterocycles. The molecule has 1 atom stereocenters. The average molecular weight is 432 g/mol. The number of nitrogens with zero attached hydrogens (tertiary/aromatic N) is 6. The topological polar surface area (TPSA) is 73.8 Å². The Kier molecular flexibility index (Phi) is 4.73. The highest BCUT2D eigenvalue weighted by molar-refractivity contribution is 6.31. The van der Waals surface area contributed by atoms with Crippen LogP contribution in [0, 0.1) is 26.6 Å². The van der Waals surface area contributed by atoms with E-state index < -0.39 is 23.8 Å². The van der Waals surface area contributed by atoms with Gasteiger partial charge in [-0.2, -0.15) is 0 Å². The molecule has 2 aliphatic heterocycles. The Bertz CT molecular complexity index is 1150. The fourth-order valence-electron chi connectivity index (χ4n) is 3.69. The van der Waals surface area contributed by atoms with Crippen molar-refractivity contribution in [1.82, 2.24) is 19.6 Å². The lowest BCUT2D eigenvalue weighted by molar-refractivity contribution is -0.553. The lowest BCUT2D eigenvalue weighted by Gasteiger charge is -2.31. The smallest absolute Gasteiger partial charge is 0.270 e. The van der Waals surface area contributed by atoms with Crippen LogP contribution < -0.4 is 0 Å². The van der Waals surface area contributed by atoms with Gasteiger partial charge in [-0.25, -0.2) is 13.8 Å². The van der Waals surface area contributed by atoms with E-state index in [1.807, 2.05) is 20.8 Å². The van der Waals surface area contributed by atoms with Gasteiger partial charge in [0.1, 0.15) is 11.5 Å². The van der Waals surface area contributed by atoms with Gasteiger partial charge >= 0.3 is 12.0 Å². The molecule has 1 fully saturated rings. The second-order valence-corrected chi connectivity index (χ2v) is 7.85. The summed E-state index contributed by atoms with van der Waals surface area (Å²) in [7, 11) is 2.97. The number of aromatic nitrogens is 2. The van der Waals surface area contributed by atoms with Crippen LogP contribution in [-0.4, -0.2) is 68.0 Å². The third kappa shape index (κ3) is 2.84. The largest absolute Gasteiger partial charge is 0.421 e. The number of hydrogen-bond acceptors (Lipinski definition) is 4. The molecule has 1 aromatic heterocycles. The molecule has 3 amide bonds. The molecule has 0 bridgehead atoms. The van der Waals surface area contributed by atoms with Crippen molar-refractivity contribution in [2.24, 2.45) is 4.99 Å². The number of rotatable bonds is 2. The quantitative estimate of drug-likeness (QED) is 0.685. The summed E-state index contributed by atoms with van der Waals surface area (Å²) in [6, 6.07) is 3.05. The zero-order chi connectivity index (χ0) is 21.9. The van der Waals surface area contributed by atoms with Gasteiger partial charge in [-0.3, -0.25) is 14.6 Å². The Morgan fingerprint density at radius 1 is 1.17 bits per heavy atom. The molecular formula is C20H21ClFN6O2+. The number of likely N-dealkylation sites (N-methyl/N-ethyl adjacent to an activating group) is 2. The molecule has 0 radical (unpaired) electrons. The van der Waals surface area contributed by atoms with Crippen LogP contribution in [-0.2, 0) is 11.3 Å². The van der Waals surface area contributed by atoms with Gasteiger partial charge in [0.15, 0.2) is 0 Å². The van der Waals surface area contributed by atoms with E-state index in [4.69, 9.17) is 11.6 Å². The normalized spacial score (nSPS) is 19.0. The number of carbonyl (C=O) groups excluding carboxylic acids is 2. The van der Waals surface area contributed by atoms with Crippen molar-refractivity contribution in [3.63, 3.8) is 0 Å². The minimum absolute atomic E-state index is 0.0164. The third-order valence-corrected chi connectivity index (χ3v) is 6.10. The van der Waals surface area contributed by atoms with Crippen molar-refractivity contribution in [3.8, 4) is 0 Å². The Morgan fingerprint density at radius 3 is 2.47 bits per heavy atom. The maximum atomic E-state index is 14.6. The van der Waals surface area contributed by atoms with Gasteiger partial charge in [0.05, 0.1) is 12.2 Å². The van der Waals surface area contributed by atoms with Crippen LogP contribution in [0.3, 0.4) is 0 Å². The first-order valence-corrected chi connectivity index (χ1v) is 9.74. The number of halogens is 2. The van der Waals surface area contributed by atoms with Crippen LogP contribution in [0.15, 0.2) is 23.2 Å². The van der Waals surface area contributed by atoms with Crippen LogP contribution in [0.2, 0.25) is 5.02 Å². The summed E-state index contributed by atoms with van der Waals surface area (Å²) in [6.45, 7) is 5.69. The van der Waals surface area contributed by atoms with Gasteiger partial charge in [0.2, 0.25) is 11.9 Å². The third-order valence-electron chi connectivity index (χ3n) is 5.74. The fourth-order valence-corrected chi connectivity index (χ4v) is 3.91. The second kappa shape index (κ2) is 7.02. The van der Waals surface area contributed by atoms with Gasteiger partial charge < -0.3 is 0 Å². The molecule has 0 N–H and O–H groups in total. The van der Waals surface area contributed by atoms with Crippen LogP contribution in [0.4, 0.5) is 9.18 Å². The molecule has 10 heteroatoms. The number of urea groups is 1. The van der Waals surface area contributed by atoms with E-state index >= 15 is 0 Å². The zero-order valence-corrected chi connectivity index (χ0v) is 18.0. The van der Waals surface area contributed by atoms with Gasteiger partial charge in [0.25, 0.3) is 5.91 Å². The monoisotopic (exact) mass is 431 g/mol. The first-order chi connectivity index (χ1) is 14.1. The summed E-state index contributed by atoms with van der Waals surface area (Å²) >= 11 is 6.26. The summed E-state index contributed by atoms with van der Waals surface area (Å²) in [5.74, 6) is -0.319. The van der Waals surface area contributed by atoms with E-state index in [1.54, 1.807) is 22.4 Å². The molecule has 0 spiro atoms. The highest BCUT2D eigenvalue weighted by atomic mass is 35.5. The summed E-state index contributed by atoms with van der Waals surface area (Å²) in [5, 5.41) is 4.79. The van der Waals surface area contributed by atoms with Gasteiger partial charge in [0, 0.05) is 30.2 Å². The number of amides is 3. The van der Waals surface area contributed by atoms with E-state index in [0.29, 0.717) is 5.96 Å². The van der Waals surface area contributed by atoms with E-state index in [-0.39, 0.29) is 23.0 Å². The van der Waals surface area contributed by atoms with Crippen LogP contribution in [0.1, 0.15) is 22.5 Å². The van der Waals surface area contributed by atoms with Gasteiger partial charge in [-0.05, 0) is 32.9 Å². The number of carbonyl (C=O) groups is 2. The summed E-state index contributed by atoms with van der Waals surface area (Å²) in [5.41, 5.74) is 2.87.